The van der Waals surface area contributed by atoms with Gasteiger partial charge in [0, 0.05) is 6.54 Å². The molecule has 2 N–H and O–H groups in total. The molecule has 0 aromatic carbocycles. The van der Waals surface area contributed by atoms with Crippen molar-refractivity contribution in [2.24, 2.45) is 0 Å². The Morgan fingerprint density at radius 2 is 1.90 bits per heavy atom. The second-order valence-corrected chi connectivity index (χ2v) is 4.82. The van der Waals surface area contributed by atoms with Crippen molar-refractivity contribution in [3.63, 3.8) is 0 Å². The largest absolute Gasteiger partial charge is 0.318 e. The topological polar surface area (TPSA) is 66.4 Å². The van der Waals surface area contributed by atoms with Crippen LogP contribution in [-0.2, 0) is 10.1 Å². The van der Waals surface area contributed by atoms with Crippen LogP contribution >= 0.6 is 0 Å². The lowest BCUT2D eigenvalue weighted by atomic mass is 10.2. The van der Waals surface area contributed by atoms with Gasteiger partial charge in [-0.3, -0.25) is 4.55 Å². The van der Waals surface area contributed by atoms with Crippen molar-refractivity contribution in [1.82, 2.24) is 5.32 Å². The molecule has 62 valence electrons. The molecule has 0 unspecified atom stereocenters. The predicted octanol–water partition coefficient (Wildman–Crippen LogP) is -0.128. The Bertz CT molecular complexity index is 195. The quantitative estimate of drug-likeness (QED) is 0.575. The van der Waals surface area contributed by atoms with Crippen LogP contribution in [0, 0.1) is 0 Å². The number of hydrogen-bond donors (Lipinski definition) is 2. The molecule has 0 atom stereocenters. The zero-order chi connectivity index (χ0) is 8.41. The summed E-state index contributed by atoms with van der Waals surface area (Å²) in [5, 5.41) is 2.68. The molecule has 0 rings (SSSR count). The van der Waals surface area contributed by atoms with Crippen LogP contribution in [0.15, 0.2) is 0 Å². The van der Waals surface area contributed by atoms with Gasteiger partial charge in [-0.15, -0.1) is 0 Å². The highest BCUT2D eigenvalue weighted by Crippen LogP contribution is 2.12. The predicted molar refractivity (Wildman–Crippen MR) is 39.6 cm³/mol. The van der Waals surface area contributed by atoms with Gasteiger partial charge in [-0.2, -0.15) is 8.42 Å². The molecule has 0 aromatic rings. The zero-order valence-corrected chi connectivity index (χ0v) is 7.20. The molecular weight excluding hydrogens is 154 g/mol. The molecule has 0 aliphatic carbocycles. The Morgan fingerprint density at radius 3 is 2.00 bits per heavy atom. The molecule has 0 heterocycles. The van der Waals surface area contributed by atoms with Crippen molar-refractivity contribution in [1.29, 1.82) is 0 Å². The van der Waals surface area contributed by atoms with Crippen molar-refractivity contribution < 1.29 is 13.0 Å². The van der Waals surface area contributed by atoms with Crippen LogP contribution in [0.3, 0.4) is 0 Å². The summed E-state index contributed by atoms with van der Waals surface area (Å²) < 4.78 is 28.6. The maximum atomic E-state index is 10.6. The van der Waals surface area contributed by atoms with Crippen LogP contribution in [0.1, 0.15) is 13.8 Å². The van der Waals surface area contributed by atoms with Crippen molar-refractivity contribution in [3.05, 3.63) is 0 Å². The van der Waals surface area contributed by atoms with E-state index >= 15 is 0 Å². The van der Waals surface area contributed by atoms with E-state index in [0.29, 0.717) is 0 Å². The summed E-state index contributed by atoms with van der Waals surface area (Å²) >= 11 is 0. The van der Waals surface area contributed by atoms with Crippen LogP contribution in [0.2, 0.25) is 0 Å². The van der Waals surface area contributed by atoms with Crippen molar-refractivity contribution in [2.75, 3.05) is 13.6 Å². The van der Waals surface area contributed by atoms with Gasteiger partial charge in [0.25, 0.3) is 10.1 Å². The van der Waals surface area contributed by atoms with E-state index < -0.39 is 14.9 Å². The summed E-state index contributed by atoms with van der Waals surface area (Å²) in [5.74, 6) is 0. The van der Waals surface area contributed by atoms with Crippen LogP contribution in [0.25, 0.3) is 0 Å². The third kappa shape index (κ3) is 2.24. The molecular formula is C5H13NO3S. The minimum absolute atomic E-state index is 0.242. The van der Waals surface area contributed by atoms with Gasteiger partial charge >= 0.3 is 0 Å². The van der Waals surface area contributed by atoms with Gasteiger partial charge in [0.15, 0.2) is 0 Å². The summed E-state index contributed by atoms with van der Waals surface area (Å²) in [4.78, 5) is 0. The molecule has 0 saturated heterocycles. The van der Waals surface area contributed by atoms with Gasteiger partial charge in [0.05, 0.1) is 0 Å². The van der Waals surface area contributed by atoms with Crippen molar-refractivity contribution >= 4 is 10.1 Å². The molecule has 0 saturated carbocycles. The first-order valence-corrected chi connectivity index (χ1v) is 4.37. The number of nitrogens with one attached hydrogen (secondary N) is 1. The average molecular weight is 167 g/mol. The van der Waals surface area contributed by atoms with E-state index in [-0.39, 0.29) is 6.54 Å². The van der Waals surface area contributed by atoms with Crippen LogP contribution in [-0.4, -0.2) is 31.3 Å². The van der Waals surface area contributed by atoms with Crippen LogP contribution in [0.4, 0.5) is 0 Å². The first-order chi connectivity index (χ1) is 4.31. The summed E-state index contributed by atoms with van der Waals surface area (Å²) in [5.41, 5.74) is 0. The highest BCUT2D eigenvalue weighted by atomic mass is 32.2. The minimum Gasteiger partial charge on any atom is -0.318 e. The standard InChI is InChI=1S/C5H13NO3S/c1-5(2,4-6-3)10(7,8)9/h6H,4H2,1-3H3,(H,7,8,9). The average Bonchev–Trinajstić information content (AvgIpc) is 1.61. The van der Waals surface area contributed by atoms with Gasteiger partial charge < -0.3 is 5.32 Å². The molecule has 4 nitrogen and oxygen atoms in total. The molecule has 0 aliphatic heterocycles. The third-order valence-electron chi connectivity index (χ3n) is 1.30. The fraction of sp³-hybridized carbons (Fsp3) is 1.00. The summed E-state index contributed by atoms with van der Waals surface area (Å²) in [7, 11) is -2.30. The molecule has 0 aliphatic rings. The van der Waals surface area contributed by atoms with Crippen LogP contribution < -0.4 is 5.32 Å². The second-order valence-electron chi connectivity index (χ2n) is 2.77. The van der Waals surface area contributed by atoms with Crippen molar-refractivity contribution in [2.45, 2.75) is 18.6 Å². The van der Waals surface area contributed by atoms with Gasteiger partial charge in [0.2, 0.25) is 0 Å². The molecule has 0 aromatic heterocycles. The Hall–Kier alpha value is -0.130. The Morgan fingerprint density at radius 1 is 1.50 bits per heavy atom. The Labute approximate surface area is 61.4 Å². The summed E-state index contributed by atoms with van der Waals surface area (Å²) in [6.07, 6.45) is 0. The lowest BCUT2D eigenvalue weighted by Crippen LogP contribution is -2.40. The second kappa shape index (κ2) is 2.86. The van der Waals surface area contributed by atoms with E-state index in [1.54, 1.807) is 7.05 Å². The SMILES string of the molecule is CNCC(C)(C)S(=O)(=O)O. The number of hydrogen-bond acceptors (Lipinski definition) is 3. The van der Waals surface area contributed by atoms with E-state index in [4.69, 9.17) is 4.55 Å². The Balaban J connectivity index is 4.42. The van der Waals surface area contributed by atoms with E-state index in [1.165, 1.54) is 13.8 Å². The summed E-state index contributed by atoms with van der Waals surface area (Å²) in [6, 6.07) is 0. The van der Waals surface area contributed by atoms with E-state index in [0.717, 1.165) is 0 Å². The Kier molecular flexibility index (Phi) is 2.82. The van der Waals surface area contributed by atoms with Gasteiger partial charge in [-0.1, -0.05) is 0 Å². The maximum Gasteiger partial charge on any atom is 0.271 e. The molecule has 0 fully saturated rings. The normalized spacial score (nSPS) is 13.6. The smallest absolute Gasteiger partial charge is 0.271 e. The van der Waals surface area contributed by atoms with E-state index in [9.17, 15) is 8.42 Å². The van der Waals surface area contributed by atoms with E-state index in [1.807, 2.05) is 0 Å². The molecule has 0 radical (unpaired) electrons. The zero-order valence-electron chi connectivity index (χ0n) is 6.38. The molecule has 0 bridgehead atoms. The lowest BCUT2D eigenvalue weighted by Gasteiger charge is -2.19. The van der Waals surface area contributed by atoms with E-state index in [2.05, 4.69) is 5.32 Å². The number of rotatable bonds is 3. The lowest BCUT2D eigenvalue weighted by molar-refractivity contribution is 0.435. The fourth-order valence-corrected chi connectivity index (χ4v) is 0.844. The maximum absolute atomic E-state index is 10.6. The summed E-state index contributed by atoms with van der Waals surface area (Å²) in [6.45, 7) is 3.16. The third-order valence-corrected chi connectivity index (χ3v) is 2.84. The monoisotopic (exact) mass is 167 g/mol. The van der Waals surface area contributed by atoms with Gasteiger partial charge in [0.1, 0.15) is 4.75 Å². The van der Waals surface area contributed by atoms with Crippen LogP contribution in [0.5, 0.6) is 0 Å². The fourth-order valence-electron chi connectivity index (χ4n) is 0.517. The molecule has 5 heteroatoms. The minimum atomic E-state index is -3.93. The first-order valence-electron chi connectivity index (χ1n) is 2.93. The molecule has 0 spiro atoms. The highest BCUT2D eigenvalue weighted by molar-refractivity contribution is 7.87. The van der Waals surface area contributed by atoms with Gasteiger partial charge in [-0.05, 0) is 20.9 Å². The first kappa shape index (κ1) is 9.87. The van der Waals surface area contributed by atoms with Gasteiger partial charge in [-0.25, -0.2) is 0 Å². The molecule has 10 heavy (non-hydrogen) atoms. The van der Waals surface area contributed by atoms with Crippen molar-refractivity contribution in [3.8, 4) is 0 Å². The highest BCUT2D eigenvalue weighted by Gasteiger charge is 2.31. The molecule has 0 amide bonds.